The summed E-state index contributed by atoms with van der Waals surface area (Å²) in [6.45, 7) is 1.74. The number of nitro benzene ring substituents is 1. The first-order valence-corrected chi connectivity index (χ1v) is 6.13. The van der Waals surface area contributed by atoms with Crippen LogP contribution in [0.1, 0.15) is 23.2 Å². The number of piperidine rings is 1. The summed E-state index contributed by atoms with van der Waals surface area (Å²) in [6.07, 6.45) is 1.73. The smallest absolute Gasteiger partial charge is 0.292 e. The van der Waals surface area contributed by atoms with Gasteiger partial charge in [-0.05, 0) is 38.1 Å². The number of rotatable bonds is 3. The van der Waals surface area contributed by atoms with Gasteiger partial charge in [-0.1, -0.05) is 0 Å². The molecule has 0 spiro atoms. The molecule has 110 valence electrons. The Hall–Kier alpha value is -1.86. The topological polar surface area (TPSA) is 110 Å². The summed E-state index contributed by atoms with van der Waals surface area (Å²) in [5, 5.41) is 16.9. The van der Waals surface area contributed by atoms with Gasteiger partial charge in [-0.15, -0.1) is 12.4 Å². The third kappa shape index (κ3) is 3.82. The first-order chi connectivity index (χ1) is 9.08. The Bertz CT molecular complexity index is 503. The van der Waals surface area contributed by atoms with Crippen LogP contribution < -0.4 is 16.4 Å². The van der Waals surface area contributed by atoms with Crippen molar-refractivity contribution in [1.82, 2.24) is 10.6 Å². The molecule has 0 aliphatic carbocycles. The fourth-order valence-electron chi connectivity index (χ4n) is 2.08. The predicted octanol–water partition coefficient (Wildman–Crippen LogP) is 1.08. The molecular formula is C12H17ClN4O3. The zero-order chi connectivity index (χ0) is 13.8. The highest BCUT2D eigenvalue weighted by molar-refractivity contribution is 5.95. The maximum Gasteiger partial charge on any atom is 0.292 e. The van der Waals surface area contributed by atoms with E-state index in [0.29, 0.717) is 0 Å². The highest BCUT2D eigenvalue weighted by Gasteiger charge is 2.19. The third-order valence-corrected chi connectivity index (χ3v) is 3.16. The molecule has 1 aliphatic rings. The zero-order valence-electron chi connectivity index (χ0n) is 10.8. The summed E-state index contributed by atoms with van der Waals surface area (Å²) >= 11 is 0. The monoisotopic (exact) mass is 300 g/mol. The van der Waals surface area contributed by atoms with Gasteiger partial charge in [-0.3, -0.25) is 14.9 Å². The maximum atomic E-state index is 12.0. The van der Waals surface area contributed by atoms with Crippen molar-refractivity contribution < 1.29 is 9.72 Å². The number of halogens is 1. The number of nitrogens with two attached hydrogens (primary N) is 1. The lowest BCUT2D eigenvalue weighted by Crippen LogP contribution is -2.42. The number of hydrogen-bond acceptors (Lipinski definition) is 5. The molecule has 1 fully saturated rings. The molecule has 1 aromatic carbocycles. The Kier molecular flexibility index (Phi) is 5.72. The number of carbonyl (C=O) groups excluding carboxylic acids is 1. The summed E-state index contributed by atoms with van der Waals surface area (Å²) in [4.78, 5) is 22.2. The molecule has 4 N–H and O–H groups in total. The van der Waals surface area contributed by atoms with Crippen molar-refractivity contribution in [2.24, 2.45) is 0 Å². The number of nitrogens with one attached hydrogen (secondary N) is 2. The van der Waals surface area contributed by atoms with E-state index in [1.54, 1.807) is 0 Å². The first kappa shape index (κ1) is 16.2. The van der Waals surface area contributed by atoms with Gasteiger partial charge >= 0.3 is 0 Å². The van der Waals surface area contributed by atoms with E-state index >= 15 is 0 Å². The van der Waals surface area contributed by atoms with Crippen molar-refractivity contribution in [1.29, 1.82) is 0 Å². The summed E-state index contributed by atoms with van der Waals surface area (Å²) in [5.41, 5.74) is 5.58. The van der Waals surface area contributed by atoms with Crippen LogP contribution in [0.4, 0.5) is 11.4 Å². The van der Waals surface area contributed by atoms with Crippen LogP contribution in [0.25, 0.3) is 0 Å². The van der Waals surface area contributed by atoms with Crippen LogP contribution in [0.5, 0.6) is 0 Å². The molecule has 0 bridgehead atoms. The molecule has 20 heavy (non-hydrogen) atoms. The third-order valence-electron chi connectivity index (χ3n) is 3.16. The first-order valence-electron chi connectivity index (χ1n) is 6.13. The molecule has 0 radical (unpaired) electrons. The van der Waals surface area contributed by atoms with Crippen molar-refractivity contribution in [3.63, 3.8) is 0 Å². The summed E-state index contributed by atoms with van der Waals surface area (Å²) < 4.78 is 0. The molecule has 7 nitrogen and oxygen atoms in total. The van der Waals surface area contributed by atoms with Crippen LogP contribution in [0.3, 0.4) is 0 Å². The van der Waals surface area contributed by atoms with Crippen LogP contribution in [0.15, 0.2) is 18.2 Å². The van der Waals surface area contributed by atoms with Gasteiger partial charge in [0.15, 0.2) is 0 Å². The molecule has 1 aliphatic heterocycles. The van der Waals surface area contributed by atoms with E-state index in [1.165, 1.54) is 18.2 Å². The number of nitrogen functional groups attached to an aromatic ring is 1. The highest BCUT2D eigenvalue weighted by atomic mass is 35.5. The van der Waals surface area contributed by atoms with Gasteiger partial charge in [0, 0.05) is 17.7 Å². The van der Waals surface area contributed by atoms with Crippen LogP contribution in [0, 0.1) is 10.1 Å². The molecule has 8 heteroatoms. The second-order valence-corrected chi connectivity index (χ2v) is 4.53. The second-order valence-electron chi connectivity index (χ2n) is 4.53. The van der Waals surface area contributed by atoms with Gasteiger partial charge in [-0.25, -0.2) is 0 Å². The fraction of sp³-hybridized carbons (Fsp3) is 0.417. The summed E-state index contributed by atoms with van der Waals surface area (Å²) in [6, 6.07) is 4.21. The molecule has 1 amide bonds. The molecule has 0 saturated carbocycles. The number of benzene rings is 1. The number of nitrogens with zero attached hydrogens (tertiary/aromatic N) is 1. The Morgan fingerprint density at radius 3 is 2.65 bits per heavy atom. The lowest BCUT2D eigenvalue weighted by Gasteiger charge is -2.23. The molecular weight excluding hydrogens is 284 g/mol. The van der Waals surface area contributed by atoms with Gasteiger partial charge in [-0.2, -0.15) is 0 Å². The van der Waals surface area contributed by atoms with E-state index in [4.69, 9.17) is 5.73 Å². The van der Waals surface area contributed by atoms with Gasteiger partial charge in [0.05, 0.1) is 4.92 Å². The largest absolute Gasteiger partial charge is 0.393 e. The Labute approximate surface area is 122 Å². The number of carbonyl (C=O) groups is 1. The van der Waals surface area contributed by atoms with Gasteiger partial charge in [0.2, 0.25) is 0 Å². The fourth-order valence-corrected chi connectivity index (χ4v) is 2.08. The SMILES string of the molecule is Cl.Nc1ccc(C(=O)NC2CCNCC2)cc1[N+](=O)[O-]. The lowest BCUT2D eigenvalue weighted by atomic mass is 10.1. The van der Waals surface area contributed by atoms with Crippen molar-refractivity contribution >= 4 is 29.7 Å². The quantitative estimate of drug-likeness (QED) is 0.439. The van der Waals surface area contributed by atoms with Crippen molar-refractivity contribution in [2.45, 2.75) is 18.9 Å². The van der Waals surface area contributed by atoms with Gasteiger partial charge < -0.3 is 16.4 Å². The normalized spacial score (nSPS) is 15.2. The molecule has 0 atom stereocenters. The van der Waals surface area contributed by atoms with E-state index < -0.39 is 4.92 Å². The predicted molar refractivity (Wildman–Crippen MR) is 78.1 cm³/mol. The van der Waals surface area contributed by atoms with Crippen molar-refractivity contribution in [3.05, 3.63) is 33.9 Å². The van der Waals surface area contributed by atoms with E-state index in [9.17, 15) is 14.9 Å². The number of nitro groups is 1. The highest BCUT2D eigenvalue weighted by Crippen LogP contribution is 2.22. The van der Waals surface area contributed by atoms with E-state index in [-0.39, 0.29) is 41.3 Å². The molecule has 2 rings (SSSR count). The summed E-state index contributed by atoms with van der Waals surface area (Å²) in [5.74, 6) is -0.296. The van der Waals surface area contributed by atoms with Crippen molar-refractivity contribution in [2.75, 3.05) is 18.8 Å². The second kappa shape index (κ2) is 7.06. The van der Waals surface area contributed by atoms with Crippen LogP contribution in [-0.4, -0.2) is 30.0 Å². The Morgan fingerprint density at radius 1 is 1.40 bits per heavy atom. The minimum absolute atomic E-state index is 0. The number of anilines is 1. The summed E-state index contributed by atoms with van der Waals surface area (Å²) in [7, 11) is 0. The minimum Gasteiger partial charge on any atom is -0.393 e. The van der Waals surface area contributed by atoms with E-state index in [0.717, 1.165) is 25.9 Å². The van der Waals surface area contributed by atoms with Gasteiger partial charge in [0.25, 0.3) is 11.6 Å². The van der Waals surface area contributed by atoms with Crippen LogP contribution in [-0.2, 0) is 0 Å². The molecule has 1 aromatic rings. The van der Waals surface area contributed by atoms with Crippen molar-refractivity contribution in [3.8, 4) is 0 Å². The average molecular weight is 301 g/mol. The van der Waals surface area contributed by atoms with Crippen LogP contribution in [0.2, 0.25) is 0 Å². The average Bonchev–Trinajstić information content (AvgIpc) is 2.40. The number of amides is 1. The molecule has 1 saturated heterocycles. The lowest BCUT2D eigenvalue weighted by molar-refractivity contribution is -0.383. The zero-order valence-corrected chi connectivity index (χ0v) is 11.6. The van der Waals surface area contributed by atoms with Gasteiger partial charge in [0.1, 0.15) is 5.69 Å². The maximum absolute atomic E-state index is 12.0. The number of hydrogen-bond donors (Lipinski definition) is 3. The minimum atomic E-state index is -0.587. The molecule has 0 aromatic heterocycles. The molecule has 1 heterocycles. The standard InChI is InChI=1S/C12H16N4O3.ClH/c13-10-2-1-8(7-11(10)16(18)19)12(17)15-9-3-5-14-6-4-9;/h1-2,7,9,14H,3-6,13H2,(H,15,17);1H. The van der Waals surface area contributed by atoms with E-state index in [2.05, 4.69) is 10.6 Å². The Balaban J connectivity index is 0.00000200. The van der Waals surface area contributed by atoms with E-state index in [1.807, 2.05) is 0 Å². The Morgan fingerprint density at radius 2 is 2.05 bits per heavy atom. The molecule has 0 unspecified atom stereocenters. The van der Waals surface area contributed by atoms with Crippen LogP contribution >= 0.6 is 12.4 Å².